The van der Waals surface area contributed by atoms with E-state index in [0.29, 0.717) is 11.7 Å². The monoisotopic (exact) mass is 426 g/mol. The summed E-state index contributed by atoms with van der Waals surface area (Å²) in [7, 11) is 0. The summed E-state index contributed by atoms with van der Waals surface area (Å²) in [6, 6.07) is 15.1. The van der Waals surface area contributed by atoms with Gasteiger partial charge < -0.3 is 19.3 Å². The van der Waals surface area contributed by atoms with E-state index in [1.54, 1.807) is 12.1 Å². The molecule has 0 aromatic heterocycles. The van der Waals surface area contributed by atoms with Crippen LogP contribution in [0.25, 0.3) is 11.1 Å². The van der Waals surface area contributed by atoms with E-state index >= 15 is 0 Å². The number of carboxylic acid groups (broad SMARTS) is 1. The molecule has 1 N–H and O–H groups in total. The van der Waals surface area contributed by atoms with E-state index in [1.165, 1.54) is 44.9 Å². The van der Waals surface area contributed by atoms with Crippen LogP contribution >= 0.6 is 0 Å². The van der Waals surface area contributed by atoms with Crippen molar-refractivity contribution in [3.05, 3.63) is 54.1 Å². The molecule has 1 aliphatic heterocycles. The molecule has 2 unspecified atom stereocenters. The summed E-state index contributed by atoms with van der Waals surface area (Å²) in [6.07, 6.45) is 7.59. The lowest BCUT2D eigenvalue weighted by Crippen LogP contribution is -2.34. The maximum Gasteiger partial charge on any atom is 0.511 e. The molecule has 0 aliphatic carbocycles. The first-order chi connectivity index (χ1) is 15.1. The number of hydrogen-bond donors (Lipinski definition) is 1. The van der Waals surface area contributed by atoms with Crippen LogP contribution in [0.3, 0.4) is 0 Å². The van der Waals surface area contributed by atoms with Gasteiger partial charge in [-0.25, -0.2) is 4.79 Å². The molecular formula is C26H34O5. The fourth-order valence-electron chi connectivity index (χ4n) is 4.02. The van der Waals surface area contributed by atoms with Crippen molar-refractivity contribution in [2.24, 2.45) is 5.92 Å². The van der Waals surface area contributed by atoms with E-state index in [4.69, 9.17) is 14.6 Å². The minimum absolute atomic E-state index is 0.191. The molecule has 1 fully saturated rings. The van der Waals surface area contributed by atoms with E-state index in [0.717, 1.165) is 23.3 Å². The third kappa shape index (κ3) is 7.08. The van der Waals surface area contributed by atoms with Crippen molar-refractivity contribution < 1.29 is 24.1 Å². The Balaban J connectivity index is 1.49. The van der Waals surface area contributed by atoms with Gasteiger partial charge in [0.2, 0.25) is 0 Å². The summed E-state index contributed by atoms with van der Waals surface area (Å²) in [6.45, 7) is 5.15. The Kier molecular flexibility index (Phi) is 8.92. The first-order valence-corrected chi connectivity index (χ1v) is 11.4. The molecule has 1 aliphatic rings. The number of benzene rings is 2. The van der Waals surface area contributed by atoms with Gasteiger partial charge >= 0.3 is 6.16 Å². The van der Waals surface area contributed by atoms with Crippen molar-refractivity contribution >= 4 is 6.16 Å². The molecule has 5 nitrogen and oxygen atoms in total. The van der Waals surface area contributed by atoms with Gasteiger partial charge in [-0.15, -0.1) is 0 Å². The molecule has 3 atom stereocenters. The standard InChI is InChI=1S/C26H34O5/c1-3-4-5-6-7-8-9-23-18-29-25(30-19(23)2)22-12-10-20(11-13-22)21-14-16-24(17-15-21)31-26(27)28/h10-17,19,23,25H,3-9,18H2,1-2H3,(H,27,28)/t19?,23-,25?/m0/s1. The summed E-state index contributed by atoms with van der Waals surface area (Å²) < 4.78 is 16.9. The topological polar surface area (TPSA) is 65.0 Å². The smallest absolute Gasteiger partial charge is 0.449 e. The lowest BCUT2D eigenvalue weighted by atomic mass is 9.95. The third-order valence-corrected chi connectivity index (χ3v) is 5.97. The molecule has 0 bridgehead atoms. The molecule has 2 aromatic carbocycles. The highest BCUT2D eigenvalue weighted by Crippen LogP contribution is 2.33. The van der Waals surface area contributed by atoms with Crippen LogP contribution < -0.4 is 4.74 Å². The molecule has 0 radical (unpaired) electrons. The predicted octanol–water partition coefficient (Wildman–Crippen LogP) is 7.21. The van der Waals surface area contributed by atoms with Gasteiger partial charge in [-0.05, 0) is 36.6 Å². The lowest BCUT2D eigenvalue weighted by Gasteiger charge is -2.35. The quantitative estimate of drug-likeness (QED) is 0.247. The van der Waals surface area contributed by atoms with E-state index in [1.807, 2.05) is 36.4 Å². The van der Waals surface area contributed by atoms with Crippen molar-refractivity contribution in [3.8, 4) is 16.9 Å². The summed E-state index contributed by atoms with van der Waals surface area (Å²) in [5, 5.41) is 8.68. The Morgan fingerprint density at radius 2 is 1.58 bits per heavy atom. The van der Waals surface area contributed by atoms with E-state index in [2.05, 4.69) is 18.6 Å². The molecule has 1 heterocycles. The summed E-state index contributed by atoms with van der Waals surface area (Å²) in [5.74, 6) is 0.773. The van der Waals surface area contributed by atoms with E-state index in [-0.39, 0.29) is 12.4 Å². The van der Waals surface area contributed by atoms with Gasteiger partial charge in [0.15, 0.2) is 6.29 Å². The summed E-state index contributed by atoms with van der Waals surface area (Å²) >= 11 is 0. The first kappa shape index (κ1) is 23.3. The van der Waals surface area contributed by atoms with Crippen LogP contribution in [-0.2, 0) is 9.47 Å². The molecule has 2 aromatic rings. The number of rotatable bonds is 10. The lowest BCUT2D eigenvalue weighted by molar-refractivity contribution is -0.237. The molecule has 5 heteroatoms. The fraction of sp³-hybridized carbons (Fsp3) is 0.500. The zero-order valence-corrected chi connectivity index (χ0v) is 18.6. The largest absolute Gasteiger partial charge is 0.511 e. The second kappa shape index (κ2) is 11.9. The minimum atomic E-state index is -1.31. The Morgan fingerprint density at radius 1 is 0.968 bits per heavy atom. The van der Waals surface area contributed by atoms with Gasteiger partial charge in [0, 0.05) is 11.5 Å². The van der Waals surface area contributed by atoms with Crippen LogP contribution in [0.4, 0.5) is 4.79 Å². The molecule has 168 valence electrons. The third-order valence-electron chi connectivity index (χ3n) is 5.97. The Labute approximate surface area is 185 Å². The van der Waals surface area contributed by atoms with Crippen LogP contribution in [-0.4, -0.2) is 24.0 Å². The van der Waals surface area contributed by atoms with Crippen molar-refractivity contribution in [3.63, 3.8) is 0 Å². The minimum Gasteiger partial charge on any atom is -0.449 e. The Bertz CT molecular complexity index is 800. The normalized spacial score (nSPS) is 21.0. The maximum atomic E-state index is 10.6. The second-order valence-electron chi connectivity index (χ2n) is 8.34. The highest BCUT2D eigenvalue weighted by atomic mass is 16.7. The molecule has 3 rings (SSSR count). The van der Waals surface area contributed by atoms with Crippen LogP contribution in [0.5, 0.6) is 5.75 Å². The number of unbranched alkanes of at least 4 members (excludes halogenated alkanes) is 5. The summed E-state index contributed by atoms with van der Waals surface area (Å²) in [5.41, 5.74) is 3.04. The molecule has 31 heavy (non-hydrogen) atoms. The van der Waals surface area contributed by atoms with Gasteiger partial charge in [0.05, 0.1) is 12.7 Å². The zero-order valence-electron chi connectivity index (χ0n) is 18.6. The van der Waals surface area contributed by atoms with E-state index < -0.39 is 6.16 Å². The van der Waals surface area contributed by atoms with Crippen LogP contribution in [0.15, 0.2) is 48.5 Å². The van der Waals surface area contributed by atoms with Crippen LogP contribution in [0, 0.1) is 5.92 Å². The average molecular weight is 427 g/mol. The van der Waals surface area contributed by atoms with E-state index in [9.17, 15) is 4.79 Å². The van der Waals surface area contributed by atoms with Crippen molar-refractivity contribution in [1.29, 1.82) is 0 Å². The van der Waals surface area contributed by atoms with Crippen molar-refractivity contribution in [2.75, 3.05) is 6.61 Å². The SMILES string of the molecule is CCCCCCCC[C@H]1COC(c2ccc(-c3ccc(OC(=O)O)cc3)cc2)OC1C. The first-order valence-electron chi connectivity index (χ1n) is 11.4. The average Bonchev–Trinajstić information content (AvgIpc) is 2.77. The molecule has 0 spiro atoms. The number of hydrogen-bond acceptors (Lipinski definition) is 4. The highest BCUT2D eigenvalue weighted by Gasteiger charge is 2.29. The van der Waals surface area contributed by atoms with Crippen LogP contribution in [0.1, 0.15) is 70.6 Å². The zero-order chi connectivity index (χ0) is 22.1. The molecular weight excluding hydrogens is 392 g/mol. The second-order valence-corrected chi connectivity index (χ2v) is 8.34. The summed E-state index contributed by atoms with van der Waals surface area (Å²) in [4.78, 5) is 10.6. The maximum absolute atomic E-state index is 10.6. The van der Waals surface area contributed by atoms with Crippen molar-refractivity contribution in [1.82, 2.24) is 0 Å². The number of ether oxygens (including phenoxy) is 3. The van der Waals surface area contributed by atoms with Gasteiger partial charge in [0.1, 0.15) is 5.75 Å². The Hall–Kier alpha value is -2.37. The Morgan fingerprint density at radius 3 is 2.19 bits per heavy atom. The molecule has 0 saturated carbocycles. The van der Waals surface area contributed by atoms with Gasteiger partial charge in [-0.1, -0.05) is 81.8 Å². The van der Waals surface area contributed by atoms with Gasteiger partial charge in [0.25, 0.3) is 0 Å². The molecule has 0 amide bonds. The fourth-order valence-corrected chi connectivity index (χ4v) is 4.02. The van der Waals surface area contributed by atoms with Gasteiger partial charge in [-0.2, -0.15) is 0 Å². The molecule has 1 saturated heterocycles. The number of carbonyl (C=O) groups is 1. The van der Waals surface area contributed by atoms with Crippen molar-refractivity contribution in [2.45, 2.75) is 71.2 Å². The predicted molar refractivity (Wildman–Crippen MR) is 121 cm³/mol. The van der Waals surface area contributed by atoms with Gasteiger partial charge in [-0.3, -0.25) is 0 Å². The van der Waals surface area contributed by atoms with Crippen LogP contribution in [0.2, 0.25) is 0 Å². The highest BCUT2D eigenvalue weighted by molar-refractivity contribution is 5.66.